The molecule has 0 fully saturated rings. The molecule has 0 aliphatic rings. The Bertz CT molecular complexity index is 740. The lowest BCUT2D eigenvalue weighted by molar-refractivity contribution is 0.521. The van der Waals surface area contributed by atoms with Gasteiger partial charge in [-0.2, -0.15) is 4.37 Å². The van der Waals surface area contributed by atoms with Crippen LogP contribution in [0.2, 0.25) is 0 Å². The SMILES string of the molecule is CN(C)c1nc(CNC(Cc2ccccc2)c2ccccc2)ns1. The fourth-order valence-corrected chi connectivity index (χ4v) is 3.16. The first-order chi connectivity index (χ1) is 11.7. The van der Waals surface area contributed by atoms with Crippen LogP contribution >= 0.6 is 11.5 Å². The Balaban J connectivity index is 1.72. The number of anilines is 1. The highest BCUT2D eigenvalue weighted by Gasteiger charge is 2.13. The van der Waals surface area contributed by atoms with Crippen molar-refractivity contribution in [3.63, 3.8) is 0 Å². The molecule has 1 atom stereocenters. The van der Waals surface area contributed by atoms with Crippen LogP contribution in [-0.2, 0) is 13.0 Å². The van der Waals surface area contributed by atoms with E-state index >= 15 is 0 Å². The first kappa shape index (κ1) is 16.6. The van der Waals surface area contributed by atoms with Gasteiger partial charge in [0.1, 0.15) is 0 Å². The van der Waals surface area contributed by atoms with E-state index in [1.54, 1.807) is 0 Å². The Morgan fingerprint density at radius 3 is 2.29 bits per heavy atom. The number of benzene rings is 2. The Hall–Kier alpha value is -2.24. The molecule has 3 rings (SSSR count). The van der Waals surface area contributed by atoms with Crippen molar-refractivity contribution in [2.75, 3.05) is 19.0 Å². The first-order valence-corrected chi connectivity index (χ1v) is 8.82. The van der Waals surface area contributed by atoms with E-state index in [-0.39, 0.29) is 6.04 Å². The number of nitrogens with zero attached hydrogens (tertiary/aromatic N) is 3. The predicted molar refractivity (Wildman–Crippen MR) is 100 cm³/mol. The minimum absolute atomic E-state index is 0.236. The third-order valence-electron chi connectivity index (χ3n) is 3.83. The van der Waals surface area contributed by atoms with Gasteiger partial charge in [-0.25, -0.2) is 4.98 Å². The maximum absolute atomic E-state index is 4.55. The van der Waals surface area contributed by atoms with Crippen LogP contribution in [0.25, 0.3) is 0 Å². The Morgan fingerprint density at radius 1 is 1.00 bits per heavy atom. The number of hydrogen-bond donors (Lipinski definition) is 1. The van der Waals surface area contributed by atoms with Gasteiger partial charge in [-0.15, -0.1) is 0 Å². The number of rotatable bonds is 7. The molecule has 3 aromatic rings. The van der Waals surface area contributed by atoms with Gasteiger partial charge in [-0.1, -0.05) is 60.7 Å². The van der Waals surface area contributed by atoms with E-state index in [1.807, 2.05) is 19.0 Å². The fourth-order valence-electron chi connectivity index (χ4n) is 2.56. The second kappa shape index (κ2) is 8.04. The molecule has 0 aliphatic heterocycles. The van der Waals surface area contributed by atoms with Crippen molar-refractivity contribution < 1.29 is 0 Å². The van der Waals surface area contributed by atoms with Crippen LogP contribution < -0.4 is 10.2 Å². The molecular formula is C19H22N4S. The maximum Gasteiger partial charge on any atom is 0.204 e. The molecule has 4 nitrogen and oxygen atoms in total. The van der Waals surface area contributed by atoms with E-state index < -0.39 is 0 Å². The topological polar surface area (TPSA) is 41.1 Å². The van der Waals surface area contributed by atoms with Crippen LogP contribution in [0.3, 0.4) is 0 Å². The highest BCUT2D eigenvalue weighted by Crippen LogP contribution is 2.20. The lowest BCUT2D eigenvalue weighted by Gasteiger charge is -2.19. The van der Waals surface area contributed by atoms with Crippen molar-refractivity contribution >= 4 is 16.7 Å². The molecule has 2 aromatic carbocycles. The molecule has 124 valence electrons. The van der Waals surface area contributed by atoms with Gasteiger partial charge in [0.25, 0.3) is 0 Å². The van der Waals surface area contributed by atoms with Gasteiger partial charge in [-0.05, 0) is 17.5 Å². The van der Waals surface area contributed by atoms with E-state index in [0.29, 0.717) is 6.54 Å². The van der Waals surface area contributed by atoms with Crippen molar-refractivity contribution in [3.8, 4) is 0 Å². The van der Waals surface area contributed by atoms with Gasteiger partial charge < -0.3 is 10.2 Å². The van der Waals surface area contributed by atoms with Crippen LogP contribution in [-0.4, -0.2) is 23.5 Å². The summed E-state index contributed by atoms with van der Waals surface area (Å²) in [6.07, 6.45) is 0.940. The van der Waals surface area contributed by atoms with Crippen LogP contribution in [0.1, 0.15) is 23.0 Å². The summed E-state index contributed by atoms with van der Waals surface area (Å²) >= 11 is 1.43. The van der Waals surface area contributed by atoms with Crippen LogP contribution in [0.4, 0.5) is 5.13 Å². The van der Waals surface area contributed by atoms with Gasteiger partial charge in [-0.3, -0.25) is 0 Å². The zero-order chi connectivity index (χ0) is 16.8. The molecule has 24 heavy (non-hydrogen) atoms. The lowest BCUT2D eigenvalue weighted by Crippen LogP contribution is -2.23. The number of hydrogen-bond acceptors (Lipinski definition) is 5. The lowest BCUT2D eigenvalue weighted by atomic mass is 9.99. The summed E-state index contributed by atoms with van der Waals surface area (Å²) < 4.78 is 4.44. The van der Waals surface area contributed by atoms with Gasteiger partial charge in [0.2, 0.25) is 5.13 Å². The van der Waals surface area contributed by atoms with Crippen molar-refractivity contribution in [2.45, 2.75) is 19.0 Å². The summed E-state index contributed by atoms with van der Waals surface area (Å²) in [5, 5.41) is 4.55. The number of nitrogens with one attached hydrogen (secondary N) is 1. The normalized spacial score (nSPS) is 12.1. The molecule has 0 aliphatic carbocycles. The second-order valence-electron chi connectivity index (χ2n) is 5.92. The molecular weight excluding hydrogens is 316 g/mol. The Morgan fingerprint density at radius 2 is 1.67 bits per heavy atom. The molecule has 0 spiro atoms. The summed E-state index contributed by atoms with van der Waals surface area (Å²) in [4.78, 5) is 6.54. The van der Waals surface area contributed by atoms with Crippen LogP contribution in [0.5, 0.6) is 0 Å². The van der Waals surface area contributed by atoms with E-state index in [0.717, 1.165) is 17.4 Å². The van der Waals surface area contributed by atoms with Gasteiger partial charge >= 0.3 is 0 Å². The molecule has 0 radical (unpaired) electrons. The van der Waals surface area contributed by atoms with Crippen molar-refractivity contribution in [1.82, 2.24) is 14.7 Å². The third kappa shape index (κ3) is 4.40. The zero-order valence-corrected chi connectivity index (χ0v) is 14.8. The Labute approximate surface area is 147 Å². The van der Waals surface area contributed by atoms with E-state index in [1.165, 1.54) is 22.7 Å². The van der Waals surface area contributed by atoms with Gasteiger partial charge in [0.05, 0.1) is 6.54 Å². The largest absolute Gasteiger partial charge is 0.353 e. The minimum atomic E-state index is 0.236. The molecule has 0 saturated heterocycles. The molecule has 0 saturated carbocycles. The Kier molecular flexibility index (Phi) is 5.56. The molecule has 0 bridgehead atoms. The van der Waals surface area contributed by atoms with E-state index in [2.05, 4.69) is 75.3 Å². The highest BCUT2D eigenvalue weighted by atomic mass is 32.1. The third-order valence-corrected chi connectivity index (χ3v) is 4.75. The monoisotopic (exact) mass is 338 g/mol. The highest BCUT2D eigenvalue weighted by molar-refractivity contribution is 7.09. The first-order valence-electron chi connectivity index (χ1n) is 8.04. The smallest absolute Gasteiger partial charge is 0.204 e. The average molecular weight is 338 g/mol. The molecule has 1 N–H and O–H groups in total. The fraction of sp³-hybridized carbons (Fsp3) is 0.263. The summed E-state index contributed by atoms with van der Waals surface area (Å²) in [6.45, 7) is 0.663. The summed E-state index contributed by atoms with van der Waals surface area (Å²) in [5.74, 6) is 0.845. The van der Waals surface area contributed by atoms with E-state index in [9.17, 15) is 0 Å². The van der Waals surface area contributed by atoms with Crippen molar-refractivity contribution in [3.05, 3.63) is 77.6 Å². The molecule has 5 heteroatoms. The zero-order valence-electron chi connectivity index (χ0n) is 14.0. The van der Waals surface area contributed by atoms with E-state index in [4.69, 9.17) is 0 Å². The van der Waals surface area contributed by atoms with Gasteiger partial charge in [0.15, 0.2) is 5.82 Å². The predicted octanol–water partition coefficient (Wildman–Crippen LogP) is 3.68. The maximum atomic E-state index is 4.55. The molecule has 1 aromatic heterocycles. The minimum Gasteiger partial charge on any atom is -0.353 e. The average Bonchev–Trinajstić information content (AvgIpc) is 3.09. The van der Waals surface area contributed by atoms with Crippen LogP contribution in [0.15, 0.2) is 60.7 Å². The summed E-state index contributed by atoms with van der Waals surface area (Å²) in [5.41, 5.74) is 2.60. The quantitative estimate of drug-likeness (QED) is 0.713. The van der Waals surface area contributed by atoms with Crippen molar-refractivity contribution in [2.24, 2.45) is 0 Å². The molecule has 0 amide bonds. The summed E-state index contributed by atoms with van der Waals surface area (Å²) in [7, 11) is 3.97. The van der Waals surface area contributed by atoms with Gasteiger partial charge in [0, 0.05) is 31.7 Å². The summed E-state index contributed by atoms with van der Waals surface area (Å²) in [6, 6.07) is 21.4. The van der Waals surface area contributed by atoms with Crippen molar-refractivity contribution in [1.29, 1.82) is 0 Å². The van der Waals surface area contributed by atoms with Crippen LogP contribution in [0, 0.1) is 0 Å². The molecule has 1 heterocycles. The standard InChI is InChI=1S/C19H22N4S/c1-23(2)19-21-18(22-24-19)14-20-17(16-11-7-4-8-12-16)13-15-9-5-3-6-10-15/h3-12,17,20H,13-14H2,1-2H3. The number of aromatic nitrogens is 2. The second-order valence-corrected chi connectivity index (χ2v) is 6.65. The molecule has 1 unspecified atom stereocenters.